The van der Waals surface area contributed by atoms with Gasteiger partial charge in [0.25, 0.3) is 17.5 Å². The monoisotopic (exact) mass is 409 g/mol. The molecule has 3 rings (SSSR count). The van der Waals surface area contributed by atoms with E-state index in [4.69, 9.17) is 0 Å². The number of aryl methyl sites for hydroxylation is 1. The van der Waals surface area contributed by atoms with Gasteiger partial charge in [-0.1, -0.05) is 12.1 Å². The molecular weight excluding hydrogens is 394 g/mol. The number of barbiturate groups is 1. The molecule has 152 valence electrons. The fourth-order valence-electron chi connectivity index (χ4n) is 2.70. The number of urea groups is 1. The van der Waals surface area contributed by atoms with Crippen molar-refractivity contribution in [3.05, 3.63) is 69.8 Å². The maximum atomic E-state index is 12.7. The first-order valence-electron chi connectivity index (χ1n) is 8.61. The van der Waals surface area contributed by atoms with E-state index in [-0.39, 0.29) is 11.3 Å². The molecule has 0 aliphatic carbocycles. The van der Waals surface area contributed by atoms with E-state index < -0.39 is 34.6 Å². The number of anilines is 1. The lowest BCUT2D eigenvalue weighted by atomic mass is 10.1. The van der Waals surface area contributed by atoms with Gasteiger partial charge in [0.2, 0.25) is 5.91 Å². The van der Waals surface area contributed by atoms with Crippen molar-refractivity contribution < 1.29 is 24.1 Å². The highest BCUT2D eigenvalue weighted by molar-refractivity contribution is 6.32. The maximum absolute atomic E-state index is 12.7. The largest absolute Gasteiger partial charge is 0.335 e. The van der Waals surface area contributed by atoms with Gasteiger partial charge in [0, 0.05) is 23.9 Å². The minimum absolute atomic E-state index is 0.0914. The fourth-order valence-corrected chi connectivity index (χ4v) is 2.70. The van der Waals surface area contributed by atoms with Crippen LogP contribution in [0.4, 0.5) is 16.2 Å². The lowest BCUT2D eigenvalue weighted by Gasteiger charge is -2.28. The summed E-state index contributed by atoms with van der Waals surface area (Å²) in [5, 5.41) is 16.3. The summed E-state index contributed by atoms with van der Waals surface area (Å²) in [6.45, 7) is 1.79. The van der Waals surface area contributed by atoms with E-state index in [2.05, 4.69) is 15.8 Å². The number of carbonyl (C=O) groups excluding carboxylic acids is 4. The number of nitrogens with zero attached hydrogens (tertiary/aromatic N) is 3. The molecule has 30 heavy (non-hydrogen) atoms. The Labute approximate surface area is 169 Å². The summed E-state index contributed by atoms with van der Waals surface area (Å²) in [6, 6.07) is 10.5. The van der Waals surface area contributed by atoms with Crippen molar-refractivity contribution in [2.24, 2.45) is 11.0 Å². The maximum Gasteiger partial charge on any atom is 0.335 e. The van der Waals surface area contributed by atoms with E-state index in [0.29, 0.717) is 5.69 Å². The van der Waals surface area contributed by atoms with Gasteiger partial charge in [0.15, 0.2) is 5.92 Å². The SMILES string of the molecule is Cc1cccc(N2C(=O)NC(=O)[C@@H](/C=N\NC(=O)c3ccc([N+](=O)[O-])cc3)C2=O)c1. The minimum Gasteiger partial charge on any atom is -0.276 e. The Hall–Kier alpha value is -4.41. The highest BCUT2D eigenvalue weighted by atomic mass is 16.6. The number of hydrogen-bond acceptors (Lipinski definition) is 7. The summed E-state index contributed by atoms with van der Waals surface area (Å²) in [5.41, 5.74) is 3.15. The number of hydrazone groups is 1. The van der Waals surface area contributed by atoms with Crippen molar-refractivity contribution in [2.75, 3.05) is 4.90 Å². The minimum atomic E-state index is -1.43. The Bertz CT molecular complexity index is 1080. The quantitative estimate of drug-likeness (QED) is 0.331. The van der Waals surface area contributed by atoms with Gasteiger partial charge in [-0.25, -0.2) is 15.1 Å². The summed E-state index contributed by atoms with van der Waals surface area (Å²) < 4.78 is 0. The van der Waals surface area contributed by atoms with Gasteiger partial charge in [0.1, 0.15) is 0 Å². The average Bonchev–Trinajstić information content (AvgIpc) is 2.70. The second-order valence-corrected chi connectivity index (χ2v) is 6.31. The van der Waals surface area contributed by atoms with E-state index in [1.54, 1.807) is 31.2 Å². The van der Waals surface area contributed by atoms with E-state index in [9.17, 15) is 29.3 Å². The summed E-state index contributed by atoms with van der Waals surface area (Å²) in [4.78, 5) is 59.8. The highest BCUT2D eigenvalue weighted by Crippen LogP contribution is 2.21. The van der Waals surface area contributed by atoms with Gasteiger partial charge in [-0.2, -0.15) is 5.10 Å². The third-order valence-corrected chi connectivity index (χ3v) is 4.19. The molecule has 0 saturated carbocycles. The number of hydrogen-bond donors (Lipinski definition) is 2. The third-order valence-electron chi connectivity index (χ3n) is 4.19. The van der Waals surface area contributed by atoms with Crippen LogP contribution < -0.4 is 15.6 Å². The molecule has 0 bridgehead atoms. The van der Waals surface area contributed by atoms with Crippen molar-refractivity contribution >= 4 is 41.3 Å². The molecule has 1 aliphatic heterocycles. The van der Waals surface area contributed by atoms with E-state index in [0.717, 1.165) is 28.8 Å². The normalized spacial score (nSPS) is 16.5. The number of imide groups is 2. The van der Waals surface area contributed by atoms with Crippen LogP contribution in [-0.4, -0.2) is 34.9 Å². The van der Waals surface area contributed by atoms with Crippen LogP contribution in [0.2, 0.25) is 0 Å². The standard InChI is InChI=1S/C19H15N5O6/c1-11-3-2-4-14(9-11)23-18(27)15(17(26)21-19(23)28)10-20-22-16(25)12-5-7-13(8-6-12)24(29)30/h2-10,15H,1H3,(H,22,25)(H,21,26,28)/b20-10-/t15-/m1/s1. The predicted molar refractivity (Wildman–Crippen MR) is 105 cm³/mol. The topological polar surface area (TPSA) is 151 Å². The van der Waals surface area contributed by atoms with Gasteiger partial charge in [-0.05, 0) is 36.8 Å². The van der Waals surface area contributed by atoms with E-state index in [1.807, 2.05) is 0 Å². The van der Waals surface area contributed by atoms with Crippen molar-refractivity contribution in [1.82, 2.24) is 10.7 Å². The highest BCUT2D eigenvalue weighted by Gasteiger charge is 2.40. The van der Waals surface area contributed by atoms with Crippen LogP contribution in [0.5, 0.6) is 0 Å². The number of amides is 5. The number of carbonyl (C=O) groups is 4. The Morgan fingerprint density at radius 2 is 1.90 bits per heavy atom. The van der Waals surface area contributed by atoms with Crippen molar-refractivity contribution in [3.8, 4) is 0 Å². The number of rotatable bonds is 5. The lowest BCUT2D eigenvalue weighted by molar-refractivity contribution is -0.384. The molecule has 1 saturated heterocycles. The number of nitro benzene ring substituents is 1. The molecule has 0 radical (unpaired) electrons. The smallest absolute Gasteiger partial charge is 0.276 e. The molecule has 1 aliphatic rings. The molecule has 11 heteroatoms. The molecule has 0 aromatic heterocycles. The molecule has 2 aromatic rings. The van der Waals surface area contributed by atoms with Gasteiger partial charge < -0.3 is 0 Å². The molecule has 1 fully saturated rings. The second kappa shape index (κ2) is 8.31. The molecule has 1 atom stereocenters. The third kappa shape index (κ3) is 4.19. The summed E-state index contributed by atoms with van der Waals surface area (Å²) in [7, 11) is 0. The van der Waals surface area contributed by atoms with Crippen molar-refractivity contribution in [2.45, 2.75) is 6.92 Å². The van der Waals surface area contributed by atoms with Gasteiger partial charge in [-0.3, -0.25) is 29.8 Å². The number of benzene rings is 2. The zero-order valence-corrected chi connectivity index (χ0v) is 15.6. The van der Waals surface area contributed by atoms with Crippen LogP contribution in [0.1, 0.15) is 15.9 Å². The number of nitro groups is 1. The van der Waals surface area contributed by atoms with Crippen molar-refractivity contribution in [1.29, 1.82) is 0 Å². The van der Waals surface area contributed by atoms with E-state index in [1.165, 1.54) is 12.1 Å². The number of non-ortho nitro benzene ring substituents is 1. The summed E-state index contributed by atoms with van der Waals surface area (Å²) in [5.74, 6) is -3.82. The molecule has 5 amide bonds. The van der Waals surface area contributed by atoms with Crippen LogP contribution in [-0.2, 0) is 9.59 Å². The molecule has 0 spiro atoms. The van der Waals surface area contributed by atoms with Gasteiger partial charge in [-0.15, -0.1) is 0 Å². The Morgan fingerprint density at radius 3 is 2.53 bits per heavy atom. The molecule has 2 N–H and O–H groups in total. The molecular formula is C19H15N5O6. The average molecular weight is 409 g/mol. The Balaban J connectivity index is 1.72. The summed E-state index contributed by atoms with van der Waals surface area (Å²) in [6.07, 6.45) is 0.913. The van der Waals surface area contributed by atoms with Gasteiger partial charge >= 0.3 is 6.03 Å². The molecule has 0 unspecified atom stereocenters. The van der Waals surface area contributed by atoms with Crippen molar-refractivity contribution in [3.63, 3.8) is 0 Å². The van der Waals surface area contributed by atoms with Crippen LogP contribution in [0.25, 0.3) is 0 Å². The molecule has 2 aromatic carbocycles. The first-order chi connectivity index (χ1) is 14.3. The number of nitrogens with one attached hydrogen (secondary N) is 2. The van der Waals surface area contributed by atoms with Gasteiger partial charge in [0.05, 0.1) is 10.6 Å². The Morgan fingerprint density at radius 1 is 1.20 bits per heavy atom. The summed E-state index contributed by atoms with van der Waals surface area (Å²) >= 11 is 0. The Kier molecular flexibility index (Phi) is 5.63. The zero-order valence-electron chi connectivity index (χ0n) is 15.6. The fraction of sp³-hybridized carbons (Fsp3) is 0.105. The van der Waals surface area contributed by atoms with Crippen LogP contribution in [0.3, 0.4) is 0 Å². The second-order valence-electron chi connectivity index (χ2n) is 6.31. The first-order valence-corrected chi connectivity index (χ1v) is 8.61. The predicted octanol–water partition coefficient (Wildman–Crippen LogP) is 1.52. The van der Waals surface area contributed by atoms with Crippen LogP contribution >= 0.6 is 0 Å². The lowest BCUT2D eigenvalue weighted by Crippen LogP contribution is -2.58. The molecule has 11 nitrogen and oxygen atoms in total. The van der Waals surface area contributed by atoms with Crippen LogP contribution in [0, 0.1) is 23.0 Å². The van der Waals surface area contributed by atoms with Crippen LogP contribution in [0.15, 0.2) is 53.6 Å². The molecule has 1 heterocycles. The zero-order chi connectivity index (χ0) is 21.8. The first kappa shape index (κ1) is 20.3. The van der Waals surface area contributed by atoms with E-state index >= 15 is 0 Å².